The van der Waals surface area contributed by atoms with E-state index in [9.17, 15) is 4.79 Å². The normalized spacial score (nSPS) is 11.3. The molecule has 0 fully saturated rings. The van der Waals surface area contributed by atoms with E-state index in [1.165, 1.54) is 0 Å². The maximum absolute atomic E-state index is 12.1. The summed E-state index contributed by atoms with van der Waals surface area (Å²) in [7, 11) is 0. The van der Waals surface area contributed by atoms with E-state index in [2.05, 4.69) is 5.32 Å². The number of rotatable bonds is 5. The zero-order valence-corrected chi connectivity index (χ0v) is 13.2. The second kappa shape index (κ2) is 7.53. The molecule has 2 aromatic rings. The lowest BCUT2D eigenvalue weighted by Gasteiger charge is -2.15. The Labute approximate surface area is 134 Å². The van der Waals surface area contributed by atoms with Crippen molar-refractivity contribution in [3.8, 4) is 11.8 Å². The summed E-state index contributed by atoms with van der Waals surface area (Å²) in [4.78, 5) is 13.3. The van der Waals surface area contributed by atoms with Crippen LogP contribution in [0.3, 0.4) is 0 Å². The molecular weight excluding hydrogens is 296 g/mol. The molecule has 0 aromatic heterocycles. The largest absolute Gasteiger partial charge is 0.481 e. The summed E-state index contributed by atoms with van der Waals surface area (Å²) in [6.07, 6.45) is 1.37. The quantitative estimate of drug-likeness (QED) is 0.855. The lowest BCUT2D eigenvalue weighted by atomic mass is 10.2. The summed E-state index contributed by atoms with van der Waals surface area (Å²) in [6.45, 7) is 1.69. The van der Waals surface area contributed by atoms with Crippen LogP contribution in [0.15, 0.2) is 53.4 Å². The first kappa shape index (κ1) is 15.9. The van der Waals surface area contributed by atoms with Crippen molar-refractivity contribution in [2.45, 2.75) is 17.9 Å². The molecule has 1 atom stereocenters. The third-order valence-electron chi connectivity index (χ3n) is 3.00. The number of nitrogens with one attached hydrogen (secondary N) is 1. The van der Waals surface area contributed by atoms with Gasteiger partial charge in [-0.25, -0.2) is 0 Å². The molecule has 1 unspecified atom stereocenters. The van der Waals surface area contributed by atoms with Gasteiger partial charge < -0.3 is 10.1 Å². The molecule has 0 heterocycles. The van der Waals surface area contributed by atoms with Crippen molar-refractivity contribution in [2.24, 2.45) is 0 Å². The van der Waals surface area contributed by atoms with Crippen LogP contribution < -0.4 is 10.1 Å². The van der Waals surface area contributed by atoms with E-state index < -0.39 is 6.10 Å². The number of thioether (sulfide) groups is 1. The number of hydrogen-bond acceptors (Lipinski definition) is 4. The molecule has 112 valence electrons. The Bertz CT molecular complexity index is 693. The van der Waals surface area contributed by atoms with Crippen LogP contribution in [0.5, 0.6) is 5.75 Å². The Morgan fingerprint density at radius 2 is 2.00 bits per heavy atom. The van der Waals surface area contributed by atoms with Crippen LogP contribution in [0.25, 0.3) is 0 Å². The molecule has 2 rings (SSSR count). The van der Waals surface area contributed by atoms with Gasteiger partial charge in [-0.2, -0.15) is 5.26 Å². The van der Waals surface area contributed by atoms with Crippen LogP contribution in [0.4, 0.5) is 5.69 Å². The fourth-order valence-corrected chi connectivity index (χ4v) is 2.23. The van der Waals surface area contributed by atoms with Gasteiger partial charge in [0.05, 0.1) is 11.6 Å². The molecule has 4 nitrogen and oxygen atoms in total. The molecule has 0 saturated heterocycles. The predicted octanol–water partition coefficient (Wildman–Crippen LogP) is 3.69. The zero-order valence-electron chi connectivity index (χ0n) is 12.4. The van der Waals surface area contributed by atoms with Crippen molar-refractivity contribution in [1.29, 1.82) is 5.26 Å². The smallest absolute Gasteiger partial charge is 0.265 e. The van der Waals surface area contributed by atoms with Crippen LogP contribution in [-0.4, -0.2) is 18.3 Å². The summed E-state index contributed by atoms with van der Waals surface area (Å²) >= 11 is 1.65. The second-order valence-corrected chi connectivity index (χ2v) is 5.50. The highest BCUT2D eigenvalue weighted by molar-refractivity contribution is 7.98. The van der Waals surface area contributed by atoms with Gasteiger partial charge in [-0.15, -0.1) is 11.8 Å². The van der Waals surface area contributed by atoms with Crippen LogP contribution >= 0.6 is 11.8 Å². The molecule has 0 radical (unpaired) electrons. The molecule has 0 aliphatic carbocycles. The number of nitrogens with zero attached hydrogens (tertiary/aromatic N) is 1. The number of carbonyl (C=O) groups is 1. The van der Waals surface area contributed by atoms with E-state index in [4.69, 9.17) is 10.00 Å². The minimum atomic E-state index is -0.633. The lowest BCUT2D eigenvalue weighted by Crippen LogP contribution is -2.30. The number of hydrogen-bond donors (Lipinski definition) is 1. The number of benzene rings is 2. The molecule has 1 N–H and O–H groups in total. The third kappa shape index (κ3) is 4.27. The Kier molecular flexibility index (Phi) is 5.45. The average molecular weight is 312 g/mol. The zero-order chi connectivity index (χ0) is 15.9. The number of carbonyl (C=O) groups excluding carboxylic acids is 1. The van der Waals surface area contributed by atoms with Gasteiger partial charge in [0.1, 0.15) is 5.75 Å². The van der Waals surface area contributed by atoms with Crippen LogP contribution in [-0.2, 0) is 4.79 Å². The highest BCUT2D eigenvalue weighted by atomic mass is 32.2. The van der Waals surface area contributed by atoms with E-state index in [0.29, 0.717) is 17.0 Å². The Morgan fingerprint density at radius 3 is 2.64 bits per heavy atom. The highest BCUT2D eigenvalue weighted by Crippen LogP contribution is 2.20. The summed E-state index contributed by atoms with van der Waals surface area (Å²) < 4.78 is 5.62. The van der Waals surface area contributed by atoms with Crippen molar-refractivity contribution in [3.63, 3.8) is 0 Å². The van der Waals surface area contributed by atoms with Gasteiger partial charge in [0, 0.05) is 10.6 Å². The lowest BCUT2D eigenvalue weighted by molar-refractivity contribution is -0.122. The van der Waals surface area contributed by atoms with Crippen molar-refractivity contribution in [1.82, 2.24) is 0 Å². The molecule has 0 bridgehead atoms. The van der Waals surface area contributed by atoms with Gasteiger partial charge in [-0.1, -0.05) is 6.07 Å². The first-order valence-corrected chi connectivity index (χ1v) is 7.96. The van der Waals surface area contributed by atoms with Crippen molar-refractivity contribution >= 4 is 23.4 Å². The Balaban J connectivity index is 1.97. The van der Waals surface area contributed by atoms with Gasteiger partial charge in [0.2, 0.25) is 0 Å². The first-order valence-electron chi connectivity index (χ1n) is 6.74. The predicted molar refractivity (Wildman–Crippen MR) is 88.1 cm³/mol. The second-order valence-electron chi connectivity index (χ2n) is 4.62. The topological polar surface area (TPSA) is 62.1 Å². The minimum absolute atomic E-state index is 0.260. The number of ether oxygens (including phenoxy) is 1. The monoisotopic (exact) mass is 312 g/mol. The van der Waals surface area contributed by atoms with Gasteiger partial charge >= 0.3 is 0 Å². The maximum atomic E-state index is 12.1. The molecule has 22 heavy (non-hydrogen) atoms. The van der Waals surface area contributed by atoms with Gasteiger partial charge in [-0.05, 0) is 55.6 Å². The van der Waals surface area contributed by atoms with Gasteiger partial charge in [-0.3, -0.25) is 4.79 Å². The van der Waals surface area contributed by atoms with E-state index in [0.717, 1.165) is 4.90 Å². The van der Waals surface area contributed by atoms with Crippen molar-refractivity contribution in [2.75, 3.05) is 11.6 Å². The van der Waals surface area contributed by atoms with E-state index >= 15 is 0 Å². The van der Waals surface area contributed by atoms with Gasteiger partial charge in [0.15, 0.2) is 6.10 Å². The Hall–Kier alpha value is -2.45. The number of nitriles is 1. The highest BCUT2D eigenvalue weighted by Gasteiger charge is 2.15. The van der Waals surface area contributed by atoms with Crippen LogP contribution in [0.2, 0.25) is 0 Å². The molecule has 0 aliphatic heterocycles. The number of anilines is 1. The van der Waals surface area contributed by atoms with E-state index in [1.54, 1.807) is 43.0 Å². The molecule has 2 aromatic carbocycles. The molecule has 5 heteroatoms. The SMILES string of the molecule is CSc1ccc(OC(C)C(=O)Nc2cccc(C#N)c2)cc1. The molecule has 0 aliphatic rings. The summed E-state index contributed by atoms with van der Waals surface area (Å²) in [6, 6.07) is 16.4. The summed E-state index contributed by atoms with van der Waals surface area (Å²) in [5.41, 5.74) is 1.08. The summed E-state index contributed by atoms with van der Waals surface area (Å²) in [5.74, 6) is 0.384. The standard InChI is InChI=1S/C17H16N2O2S/c1-12(21-15-6-8-16(22-2)9-7-15)17(20)19-14-5-3-4-13(10-14)11-18/h3-10,12H,1-2H3,(H,19,20). The molecule has 1 amide bonds. The fraction of sp³-hybridized carbons (Fsp3) is 0.176. The van der Waals surface area contributed by atoms with Gasteiger partial charge in [0.25, 0.3) is 5.91 Å². The van der Waals surface area contributed by atoms with Crippen molar-refractivity contribution in [3.05, 3.63) is 54.1 Å². The Morgan fingerprint density at radius 1 is 1.27 bits per heavy atom. The average Bonchev–Trinajstić information content (AvgIpc) is 2.55. The maximum Gasteiger partial charge on any atom is 0.265 e. The molecular formula is C17H16N2O2S. The minimum Gasteiger partial charge on any atom is -0.481 e. The van der Waals surface area contributed by atoms with Crippen molar-refractivity contribution < 1.29 is 9.53 Å². The summed E-state index contributed by atoms with van der Waals surface area (Å²) in [5, 5.41) is 11.6. The first-order chi connectivity index (χ1) is 10.6. The third-order valence-corrected chi connectivity index (χ3v) is 3.74. The van der Waals surface area contributed by atoms with E-state index in [-0.39, 0.29) is 5.91 Å². The number of amides is 1. The molecule has 0 spiro atoms. The van der Waals surface area contributed by atoms with E-state index in [1.807, 2.05) is 36.6 Å². The molecule has 0 saturated carbocycles. The fourth-order valence-electron chi connectivity index (χ4n) is 1.82. The van der Waals surface area contributed by atoms with Crippen LogP contribution in [0.1, 0.15) is 12.5 Å². The van der Waals surface area contributed by atoms with Crippen LogP contribution in [0, 0.1) is 11.3 Å².